The second kappa shape index (κ2) is 11.4. The number of fused-ring (bicyclic) bond motifs is 1. The molecule has 1 atom stereocenters. The van der Waals surface area contributed by atoms with Crippen LogP contribution in [0.3, 0.4) is 0 Å². The molecule has 0 saturated heterocycles. The summed E-state index contributed by atoms with van der Waals surface area (Å²) in [4.78, 5) is 25.0. The van der Waals surface area contributed by atoms with E-state index in [-0.39, 0.29) is 23.2 Å². The lowest BCUT2D eigenvalue weighted by atomic mass is 9.98. The number of benzene rings is 4. The smallest absolute Gasteiger partial charge is 0.416 e. The van der Waals surface area contributed by atoms with Gasteiger partial charge in [0.25, 0.3) is 5.91 Å². The number of rotatable bonds is 7. The number of carboxylic acids is 1. The van der Waals surface area contributed by atoms with Gasteiger partial charge in [-0.2, -0.15) is 18.4 Å². The fraction of sp³-hybridized carbons (Fsp3) is 0.121. The van der Waals surface area contributed by atoms with Crippen LogP contribution in [0.5, 0.6) is 0 Å². The van der Waals surface area contributed by atoms with Gasteiger partial charge in [0.05, 0.1) is 39.9 Å². The summed E-state index contributed by atoms with van der Waals surface area (Å²) in [6.07, 6.45) is -2.75. The van der Waals surface area contributed by atoms with Gasteiger partial charge in [-0.3, -0.25) is 4.79 Å². The van der Waals surface area contributed by atoms with Crippen LogP contribution in [-0.2, 0) is 12.7 Å². The highest BCUT2D eigenvalue weighted by atomic mass is 19.4. The van der Waals surface area contributed by atoms with E-state index in [0.29, 0.717) is 33.2 Å². The molecule has 0 unspecified atom stereocenters. The largest absolute Gasteiger partial charge is 0.478 e. The van der Waals surface area contributed by atoms with E-state index >= 15 is 0 Å². The van der Waals surface area contributed by atoms with Crippen molar-refractivity contribution in [1.82, 2.24) is 9.88 Å². The lowest BCUT2D eigenvalue weighted by Gasteiger charge is -2.17. The fourth-order valence-electron chi connectivity index (χ4n) is 4.91. The van der Waals surface area contributed by atoms with Crippen molar-refractivity contribution in [3.63, 3.8) is 0 Å². The second-order valence-corrected chi connectivity index (χ2v) is 10.1. The molecule has 43 heavy (non-hydrogen) atoms. The summed E-state index contributed by atoms with van der Waals surface area (Å²) in [5, 5.41) is 22.0. The van der Waals surface area contributed by atoms with Crippen LogP contribution < -0.4 is 5.32 Å². The maximum absolute atomic E-state index is 14.3. The average molecular weight is 586 g/mol. The van der Waals surface area contributed by atoms with E-state index in [2.05, 4.69) is 5.32 Å². The number of carboxylic acid groups (broad SMARTS) is 1. The van der Waals surface area contributed by atoms with E-state index in [1.807, 2.05) is 6.07 Å². The molecule has 5 rings (SSSR count). The van der Waals surface area contributed by atoms with Gasteiger partial charge in [-0.15, -0.1) is 0 Å². The van der Waals surface area contributed by atoms with Crippen molar-refractivity contribution in [3.05, 3.63) is 130 Å². The number of aromatic nitrogens is 1. The normalized spacial score (nSPS) is 12.1. The van der Waals surface area contributed by atoms with Crippen LogP contribution in [0, 0.1) is 17.1 Å². The van der Waals surface area contributed by atoms with Gasteiger partial charge in [0, 0.05) is 18.1 Å². The predicted octanol–water partition coefficient (Wildman–Crippen LogP) is 7.58. The summed E-state index contributed by atoms with van der Waals surface area (Å²) in [6.45, 7) is 1.91. The van der Waals surface area contributed by atoms with E-state index in [1.54, 1.807) is 48.0 Å². The monoisotopic (exact) mass is 585 g/mol. The van der Waals surface area contributed by atoms with Crippen LogP contribution in [0.15, 0.2) is 91.1 Å². The molecule has 5 aromatic rings. The number of hydrogen-bond acceptors (Lipinski definition) is 3. The SMILES string of the molecule is C[C@H](NC(=O)c1cc(-c2cc(F)cc(C#N)c2)cc2ccn(Cc3ccc(C(F)(F)F)cc3)c12)c1ccc(C(=O)O)cc1. The average Bonchev–Trinajstić information content (AvgIpc) is 3.38. The molecule has 1 heterocycles. The number of nitriles is 1. The van der Waals surface area contributed by atoms with Gasteiger partial charge >= 0.3 is 12.1 Å². The van der Waals surface area contributed by atoms with Crippen LogP contribution in [0.2, 0.25) is 0 Å². The Labute approximate surface area is 243 Å². The van der Waals surface area contributed by atoms with E-state index in [9.17, 15) is 37.5 Å². The summed E-state index contributed by atoms with van der Waals surface area (Å²) in [7, 11) is 0. The Hall–Kier alpha value is -5.43. The molecule has 0 saturated carbocycles. The molecule has 10 heteroatoms. The first kappa shape index (κ1) is 29.1. The number of carbonyl (C=O) groups is 2. The summed E-state index contributed by atoms with van der Waals surface area (Å²) >= 11 is 0. The first-order valence-electron chi connectivity index (χ1n) is 13.1. The highest BCUT2D eigenvalue weighted by molar-refractivity contribution is 6.08. The molecule has 4 aromatic carbocycles. The van der Waals surface area contributed by atoms with Gasteiger partial charge in [-0.05, 0) is 89.8 Å². The Morgan fingerprint density at radius 1 is 0.953 bits per heavy atom. The highest BCUT2D eigenvalue weighted by Crippen LogP contribution is 2.32. The van der Waals surface area contributed by atoms with Crippen molar-refractivity contribution in [1.29, 1.82) is 5.26 Å². The summed E-state index contributed by atoms with van der Waals surface area (Å²) in [5.41, 5.74) is 2.29. The van der Waals surface area contributed by atoms with E-state index in [1.165, 1.54) is 36.4 Å². The molecule has 1 aromatic heterocycles. The molecule has 0 fully saturated rings. The zero-order chi connectivity index (χ0) is 30.9. The zero-order valence-electron chi connectivity index (χ0n) is 22.6. The fourth-order valence-corrected chi connectivity index (χ4v) is 4.91. The number of aromatic carboxylic acids is 1. The van der Waals surface area contributed by atoms with Crippen molar-refractivity contribution >= 4 is 22.8 Å². The third kappa shape index (κ3) is 6.26. The van der Waals surface area contributed by atoms with Gasteiger partial charge in [0.2, 0.25) is 0 Å². The molecule has 6 nitrogen and oxygen atoms in total. The molecule has 0 spiro atoms. The lowest BCUT2D eigenvalue weighted by Crippen LogP contribution is -2.27. The van der Waals surface area contributed by atoms with Crippen molar-refractivity contribution < 1.29 is 32.3 Å². The molecule has 0 aliphatic carbocycles. The van der Waals surface area contributed by atoms with Gasteiger partial charge in [0.15, 0.2) is 0 Å². The van der Waals surface area contributed by atoms with E-state index in [0.717, 1.165) is 18.2 Å². The van der Waals surface area contributed by atoms with Crippen LogP contribution in [0.25, 0.3) is 22.0 Å². The minimum absolute atomic E-state index is 0.101. The Balaban J connectivity index is 1.56. The minimum Gasteiger partial charge on any atom is -0.478 e. The van der Waals surface area contributed by atoms with Crippen molar-refractivity contribution in [2.45, 2.75) is 25.7 Å². The standard InChI is InChI=1S/C33H23F4N3O3/c1-19(22-4-6-23(7-5-22)32(42)43)39-31(41)29-16-26(25-12-21(17-38)13-28(34)15-25)14-24-10-11-40(30(24)29)18-20-2-8-27(9-3-20)33(35,36)37/h2-16,19H,18H2,1H3,(H,39,41)(H,42,43)/t19-/m0/s1. The molecule has 2 N–H and O–H groups in total. The Morgan fingerprint density at radius 2 is 1.63 bits per heavy atom. The minimum atomic E-state index is -4.46. The second-order valence-electron chi connectivity index (χ2n) is 10.1. The quantitative estimate of drug-likeness (QED) is 0.193. The third-order valence-electron chi connectivity index (χ3n) is 7.10. The molecule has 0 aliphatic heterocycles. The number of amides is 1. The van der Waals surface area contributed by atoms with Gasteiger partial charge < -0.3 is 15.0 Å². The number of nitrogens with one attached hydrogen (secondary N) is 1. The number of carbonyl (C=O) groups excluding carboxylic acids is 1. The highest BCUT2D eigenvalue weighted by Gasteiger charge is 2.30. The van der Waals surface area contributed by atoms with Gasteiger partial charge in [-0.25, -0.2) is 9.18 Å². The zero-order valence-corrected chi connectivity index (χ0v) is 22.6. The number of halogens is 4. The van der Waals surface area contributed by atoms with Crippen molar-refractivity contribution in [2.24, 2.45) is 0 Å². The molecule has 216 valence electrons. The van der Waals surface area contributed by atoms with Crippen molar-refractivity contribution in [2.75, 3.05) is 0 Å². The third-order valence-corrected chi connectivity index (χ3v) is 7.10. The number of alkyl halides is 3. The van der Waals surface area contributed by atoms with Gasteiger partial charge in [0.1, 0.15) is 5.82 Å². The summed E-state index contributed by atoms with van der Waals surface area (Å²) < 4.78 is 55.3. The maximum Gasteiger partial charge on any atom is 0.416 e. The first-order chi connectivity index (χ1) is 20.4. The molecular formula is C33H23F4N3O3. The number of nitrogens with zero attached hydrogens (tertiary/aromatic N) is 2. The molecule has 1 amide bonds. The van der Waals surface area contributed by atoms with Crippen LogP contribution >= 0.6 is 0 Å². The summed E-state index contributed by atoms with van der Waals surface area (Å²) in [5.74, 6) is -2.17. The van der Waals surface area contributed by atoms with Crippen molar-refractivity contribution in [3.8, 4) is 17.2 Å². The maximum atomic E-state index is 14.3. The van der Waals surface area contributed by atoms with Crippen LogP contribution in [0.4, 0.5) is 17.6 Å². The molecule has 0 aliphatic rings. The Kier molecular flexibility index (Phi) is 7.74. The first-order valence-corrected chi connectivity index (χ1v) is 13.1. The van der Waals surface area contributed by atoms with Crippen LogP contribution in [0.1, 0.15) is 55.9 Å². The molecular weight excluding hydrogens is 562 g/mol. The molecule has 0 bridgehead atoms. The van der Waals surface area contributed by atoms with Crippen LogP contribution in [-0.4, -0.2) is 21.6 Å². The lowest BCUT2D eigenvalue weighted by molar-refractivity contribution is -0.137. The Morgan fingerprint density at radius 3 is 2.26 bits per heavy atom. The Bertz CT molecular complexity index is 1890. The van der Waals surface area contributed by atoms with E-state index < -0.39 is 35.5 Å². The van der Waals surface area contributed by atoms with Gasteiger partial charge in [-0.1, -0.05) is 24.3 Å². The summed E-state index contributed by atoms with van der Waals surface area (Å²) in [6, 6.07) is 21.2. The topological polar surface area (TPSA) is 95.1 Å². The molecule has 0 radical (unpaired) electrons. The number of hydrogen-bond donors (Lipinski definition) is 2. The van der Waals surface area contributed by atoms with E-state index in [4.69, 9.17) is 0 Å². The predicted molar refractivity (Wildman–Crippen MR) is 152 cm³/mol.